The highest BCUT2D eigenvalue weighted by Gasteiger charge is 2.52. The van der Waals surface area contributed by atoms with E-state index in [4.69, 9.17) is 76.0 Å². The Balaban J connectivity index is 0.775. The van der Waals surface area contributed by atoms with E-state index in [2.05, 4.69) is 37.2 Å². The molecule has 8 amide bonds. The van der Waals surface area contributed by atoms with Crippen LogP contribution in [0.25, 0.3) is 22.3 Å². The molecule has 646 valence electrons. The maximum Gasteiger partial charge on any atom is 0.407 e. The molecule has 7 rings (SSSR count). The van der Waals surface area contributed by atoms with Crippen molar-refractivity contribution in [3.63, 3.8) is 0 Å². The van der Waals surface area contributed by atoms with Crippen molar-refractivity contribution < 1.29 is 129 Å². The van der Waals surface area contributed by atoms with Crippen molar-refractivity contribution in [2.75, 3.05) is 158 Å². The number of benzene rings is 1. The highest BCUT2D eigenvalue weighted by molar-refractivity contribution is 5.97. The Bertz CT molecular complexity index is 3840. The number of carbonyl (C=O) groups excluding carboxylic acids is 10. The second-order valence-corrected chi connectivity index (χ2v) is 29.9. The molecule has 5 atom stereocenters. The van der Waals surface area contributed by atoms with Crippen LogP contribution in [0.4, 0.5) is 9.59 Å². The van der Waals surface area contributed by atoms with Crippen molar-refractivity contribution in [1.29, 1.82) is 0 Å². The molecule has 0 aliphatic carbocycles. The monoisotopic (exact) mass is 1640 g/mol. The average Bonchev–Trinajstić information content (AvgIpc) is 1.49. The number of carbonyl (C=O) groups is 11. The van der Waals surface area contributed by atoms with E-state index in [1.807, 2.05) is 12.1 Å². The first-order chi connectivity index (χ1) is 55.5. The number of rotatable bonds is 53. The highest BCUT2D eigenvalue weighted by Crippen LogP contribution is 2.43. The number of amides is 8. The second-order valence-electron chi connectivity index (χ2n) is 29.9. The Labute approximate surface area is 673 Å². The van der Waals surface area contributed by atoms with E-state index in [0.717, 1.165) is 15.8 Å². The zero-order valence-electron chi connectivity index (χ0n) is 68.0. The van der Waals surface area contributed by atoms with Gasteiger partial charge in [-0.05, 0) is 104 Å². The first-order valence-electron chi connectivity index (χ1n) is 39.5. The molecule has 2 aromatic heterocycles. The standard InChI is InChI=1S/C78H116N10O28/c1-10-78(54-44-59-67-52(47-88(59)70(96)53(54)48-111-73(78)99)42-51-43-60-61(113-49-112-60)45-56(51)85-67)114-72(98)66(50(2)3)86-69(95)58-15-13-23-87(58)71(97)57(46-65(92)93)84-64(91)18-26-104-32-38-109-39-33-105-27-20-80-68(94)55(83-63(90)17-25-103-31-37-110-41-35-107-29-22-82-75(101)116-77(7,8)9)14-11-12-19-79-62(89)16-24-102-30-36-108-40-34-106-28-21-81-74(100)115-76(4,5)6/h42-45,50,55,57-58,66H,10-41,46-49H2,1-9H3,(H,79,89)(H,80,94)(H,81,100)(H,82,101)(H,83,90)(H,84,91)(H,86,95)(H,92,93)/t55-,57-,58-,66-,78-/m0/s1. The van der Waals surface area contributed by atoms with Crippen molar-refractivity contribution in [3.05, 3.63) is 51.3 Å². The Morgan fingerprint density at radius 2 is 1.10 bits per heavy atom. The van der Waals surface area contributed by atoms with E-state index in [9.17, 15) is 62.6 Å². The average molecular weight is 1640 g/mol. The highest BCUT2D eigenvalue weighted by atomic mass is 16.7. The number of nitrogens with zero attached hydrogens (tertiary/aromatic N) is 3. The van der Waals surface area contributed by atoms with Crippen molar-refractivity contribution in [3.8, 4) is 22.9 Å². The molecular formula is C78H116N10O28. The summed E-state index contributed by atoms with van der Waals surface area (Å²) in [7, 11) is 0. The van der Waals surface area contributed by atoms with Gasteiger partial charge in [-0.1, -0.05) is 20.8 Å². The molecule has 1 saturated heterocycles. The fourth-order valence-corrected chi connectivity index (χ4v) is 12.6. The van der Waals surface area contributed by atoms with Crippen LogP contribution in [0.15, 0.2) is 29.1 Å². The minimum Gasteiger partial charge on any atom is -0.481 e. The molecule has 38 heteroatoms. The molecule has 0 radical (unpaired) electrons. The zero-order valence-corrected chi connectivity index (χ0v) is 68.0. The number of pyridine rings is 2. The zero-order chi connectivity index (χ0) is 84.2. The largest absolute Gasteiger partial charge is 0.481 e. The topological polar surface area (TPSA) is 469 Å². The summed E-state index contributed by atoms with van der Waals surface area (Å²) < 4.78 is 84.5. The van der Waals surface area contributed by atoms with Gasteiger partial charge in [-0.25, -0.2) is 24.2 Å². The first-order valence-corrected chi connectivity index (χ1v) is 39.5. The van der Waals surface area contributed by atoms with Gasteiger partial charge in [-0.2, -0.15) is 0 Å². The van der Waals surface area contributed by atoms with Crippen LogP contribution >= 0.6 is 0 Å². The minimum atomic E-state index is -2.12. The summed E-state index contributed by atoms with van der Waals surface area (Å²) in [6.45, 7) is 19.8. The molecule has 1 fully saturated rings. The number of carboxylic acids is 1. The summed E-state index contributed by atoms with van der Waals surface area (Å²) in [6.07, 6.45) is -0.516. The van der Waals surface area contributed by atoms with Crippen molar-refractivity contribution in [2.45, 2.75) is 181 Å². The molecule has 4 aliphatic heterocycles. The van der Waals surface area contributed by atoms with E-state index >= 15 is 0 Å². The van der Waals surface area contributed by atoms with Crippen LogP contribution in [-0.4, -0.2) is 279 Å². The van der Waals surface area contributed by atoms with Gasteiger partial charge >= 0.3 is 30.1 Å². The van der Waals surface area contributed by atoms with Crippen LogP contribution in [0, 0.1) is 5.92 Å². The summed E-state index contributed by atoms with van der Waals surface area (Å²) in [5.74, 6) is -6.32. The van der Waals surface area contributed by atoms with Crippen molar-refractivity contribution in [2.24, 2.45) is 5.92 Å². The van der Waals surface area contributed by atoms with Gasteiger partial charge in [-0.15, -0.1) is 0 Å². The molecular weight excluding hydrogens is 1520 g/mol. The molecule has 3 aromatic rings. The van der Waals surface area contributed by atoms with Crippen LogP contribution in [-0.2, 0) is 123 Å². The summed E-state index contributed by atoms with van der Waals surface area (Å²) in [4.78, 5) is 165. The lowest BCUT2D eigenvalue weighted by atomic mass is 9.85. The SMILES string of the molecule is CC[C@@]1(OC(=O)[C@@H](NC(=O)[C@@H]2CCCN2C(=O)[C@H](CC(=O)O)NC(=O)CCOCCOCCOCCNC(=O)[C@H](CCCCNC(=O)CCOCCOCCOCCNC(=O)OC(C)(C)C)NC(=O)CCOCCOCCOCCNC(=O)OC(C)(C)C)C(C)C)C(=O)OCc2c1cc1n(c2=O)Cc2cc3cc4c(cc3nc2-1)OCO4. The quantitative estimate of drug-likeness (QED) is 0.0179. The Kier molecular flexibility index (Phi) is 38.6. The smallest absolute Gasteiger partial charge is 0.407 e. The van der Waals surface area contributed by atoms with E-state index in [1.165, 1.54) is 4.57 Å². The molecule has 6 heterocycles. The number of ether oxygens (including phenoxy) is 15. The molecule has 0 spiro atoms. The molecule has 8 N–H and O–H groups in total. The number of alkyl carbamates (subject to hydrolysis) is 2. The van der Waals surface area contributed by atoms with E-state index in [1.54, 1.807) is 74.4 Å². The summed E-state index contributed by atoms with van der Waals surface area (Å²) >= 11 is 0. The third-order valence-corrected chi connectivity index (χ3v) is 18.2. The minimum absolute atomic E-state index is 0.0238. The van der Waals surface area contributed by atoms with Crippen LogP contribution < -0.4 is 52.3 Å². The molecule has 4 aliphatic rings. The number of aliphatic carboxylic acids is 1. The summed E-state index contributed by atoms with van der Waals surface area (Å²) in [6, 6.07) is 1.98. The van der Waals surface area contributed by atoms with Crippen LogP contribution in [0.3, 0.4) is 0 Å². The third-order valence-electron chi connectivity index (χ3n) is 18.2. The molecule has 0 unspecified atom stereocenters. The number of likely N-dealkylation sites (tertiary alicyclic amines) is 1. The number of unbranched alkanes of at least 4 members (excludes halogenated alkanes) is 1. The van der Waals surface area contributed by atoms with Gasteiger partial charge in [-0.3, -0.25) is 38.4 Å². The number of cyclic esters (lactones) is 1. The molecule has 38 nitrogen and oxygen atoms in total. The number of hydrogen-bond acceptors (Lipinski definition) is 28. The van der Waals surface area contributed by atoms with Gasteiger partial charge in [0.25, 0.3) is 5.56 Å². The Morgan fingerprint density at radius 1 is 0.595 bits per heavy atom. The lowest BCUT2D eigenvalue weighted by Gasteiger charge is -2.37. The summed E-state index contributed by atoms with van der Waals surface area (Å²) in [5.41, 5.74) is -1.39. The third kappa shape index (κ3) is 30.9. The predicted octanol–water partition coefficient (Wildman–Crippen LogP) is 2.71. The van der Waals surface area contributed by atoms with Crippen LogP contribution in [0.2, 0.25) is 0 Å². The van der Waals surface area contributed by atoms with Gasteiger partial charge in [0.15, 0.2) is 11.5 Å². The fraction of sp³-hybridized carbons (Fsp3) is 0.679. The fourth-order valence-electron chi connectivity index (χ4n) is 12.6. The lowest BCUT2D eigenvalue weighted by Crippen LogP contribution is -2.57. The van der Waals surface area contributed by atoms with E-state index in [0.29, 0.717) is 87.2 Å². The number of carboxylic acid groups (broad SMARTS) is 1. The Morgan fingerprint density at radius 3 is 1.63 bits per heavy atom. The summed E-state index contributed by atoms with van der Waals surface area (Å²) in [5, 5.41) is 29.4. The second kappa shape index (κ2) is 47.7. The number of esters is 2. The first kappa shape index (κ1) is 93.7. The predicted molar refractivity (Wildman–Crippen MR) is 412 cm³/mol. The van der Waals surface area contributed by atoms with Gasteiger partial charge < -0.3 is 123 Å². The van der Waals surface area contributed by atoms with Crippen molar-refractivity contribution >= 4 is 76.4 Å². The molecule has 1 aromatic carbocycles. The van der Waals surface area contributed by atoms with E-state index < -0.39 is 118 Å². The number of hydrogen-bond donors (Lipinski definition) is 8. The Hall–Kier alpha value is -9.41. The number of nitrogens with one attached hydrogen (secondary N) is 7. The van der Waals surface area contributed by atoms with E-state index in [-0.39, 0.29) is 188 Å². The molecule has 0 saturated carbocycles. The van der Waals surface area contributed by atoms with Gasteiger partial charge in [0.1, 0.15) is 42.0 Å². The maximum atomic E-state index is 14.5. The van der Waals surface area contributed by atoms with Crippen LogP contribution in [0.5, 0.6) is 11.5 Å². The van der Waals surface area contributed by atoms with Crippen LogP contribution in [0.1, 0.15) is 143 Å². The number of fused-ring (bicyclic) bond motifs is 6. The number of aromatic nitrogens is 2. The maximum absolute atomic E-state index is 14.5. The lowest BCUT2D eigenvalue weighted by molar-refractivity contribution is -0.191. The normalized spacial score (nSPS) is 16.1. The van der Waals surface area contributed by atoms with Gasteiger partial charge in [0.05, 0.1) is 154 Å². The van der Waals surface area contributed by atoms with Gasteiger partial charge in [0.2, 0.25) is 47.8 Å². The molecule has 116 heavy (non-hydrogen) atoms. The van der Waals surface area contributed by atoms with Crippen molar-refractivity contribution in [1.82, 2.24) is 51.7 Å². The molecule has 0 bridgehead atoms. The van der Waals surface area contributed by atoms with Gasteiger partial charge in [0, 0.05) is 74.6 Å².